The van der Waals surface area contributed by atoms with Crippen LogP contribution in [-0.4, -0.2) is 32.6 Å². The largest absolute Gasteiger partial charge is 0.506 e. The Morgan fingerprint density at radius 1 is 0.686 bits per heavy atom. The summed E-state index contributed by atoms with van der Waals surface area (Å²) in [6, 6.07) is 17.1. The molecule has 0 unspecified atom stereocenters. The second-order valence-corrected chi connectivity index (χ2v) is 12.6. The fourth-order valence-corrected chi connectivity index (χ4v) is 6.59. The molecule has 8 rings (SSSR count). The van der Waals surface area contributed by atoms with Crippen molar-refractivity contribution < 1.29 is 27.9 Å². The van der Waals surface area contributed by atoms with E-state index in [1.165, 1.54) is 47.6 Å². The first kappa shape index (κ1) is 31.5. The molecule has 51 heavy (non-hydrogen) atoms. The lowest BCUT2D eigenvalue weighted by Gasteiger charge is -2.09. The van der Waals surface area contributed by atoms with E-state index in [9.17, 15) is 19.8 Å². The van der Waals surface area contributed by atoms with Crippen LogP contribution in [0.5, 0.6) is 11.5 Å². The highest BCUT2D eigenvalue weighted by molar-refractivity contribution is 7.14. The Kier molecular flexibility index (Phi) is 8.19. The van der Waals surface area contributed by atoms with Crippen LogP contribution in [0.15, 0.2) is 121 Å². The third kappa shape index (κ3) is 6.39. The van der Waals surface area contributed by atoms with Crippen LogP contribution in [0.1, 0.15) is 22.6 Å². The first-order valence-corrected chi connectivity index (χ1v) is 16.8. The molecule has 0 aliphatic rings. The molecule has 0 radical (unpaired) electrons. The number of rotatable bonds is 10. The number of aromatic nitrogens is 2. The van der Waals surface area contributed by atoms with E-state index >= 15 is 0 Å². The number of thiazole rings is 2. The number of hydrogen-bond acceptors (Lipinski definition) is 16. The average molecular weight is 719 g/mol. The molecule has 0 bridgehead atoms. The van der Waals surface area contributed by atoms with Crippen molar-refractivity contribution in [1.82, 2.24) is 9.97 Å². The highest BCUT2D eigenvalue weighted by Gasteiger charge is 2.21. The van der Waals surface area contributed by atoms with Crippen LogP contribution in [-0.2, 0) is 6.42 Å². The molecule has 0 saturated carbocycles. The van der Waals surface area contributed by atoms with Crippen molar-refractivity contribution in [1.29, 1.82) is 0 Å². The number of nitrogens with one attached hydrogen (secondary N) is 2. The Hall–Kier alpha value is -6.78. The predicted molar refractivity (Wildman–Crippen MR) is 193 cm³/mol. The monoisotopic (exact) mass is 718 g/mol. The summed E-state index contributed by atoms with van der Waals surface area (Å²) in [7, 11) is 0. The fraction of sp³-hybridized carbons (Fsp3) is 0.0286. The standard InChI is InChI=1S/C35H22N6O8S2/c42-30-22-12-18(5-7-26(22)48-32(44)28(30)24-16-50-34(38-24)40-36-14-20-3-1-9-46-20)11-19-6-8-27-23(13-19)31(43)29(33(45)49-27)25-17-51-35(39-25)41-37-15-21-4-2-10-47-21/h1-10,12-17,42-43H,11H2,(H,38,40)(H,39,41)/b36-14+,37-15+. The molecule has 6 heterocycles. The molecule has 4 N–H and O–H groups in total. The molecule has 0 atom stereocenters. The van der Waals surface area contributed by atoms with Crippen LogP contribution in [0.4, 0.5) is 10.3 Å². The molecule has 16 heteroatoms. The van der Waals surface area contributed by atoms with E-state index < -0.39 is 11.3 Å². The minimum absolute atomic E-state index is 0.0816. The van der Waals surface area contributed by atoms with E-state index in [1.807, 2.05) is 0 Å². The van der Waals surface area contributed by atoms with Crippen molar-refractivity contribution in [3.05, 3.63) is 127 Å². The number of anilines is 2. The van der Waals surface area contributed by atoms with Gasteiger partial charge in [-0.3, -0.25) is 10.9 Å². The van der Waals surface area contributed by atoms with Gasteiger partial charge in [-0.15, -0.1) is 22.7 Å². The minimum atomic E-state index is -0.740. The quantitative estimate of drug-likeness (QED) is 0.0629. The van der Waals surface area contributed by atoms with Gasteiger partial charge in [-0.2, -0.15) is 10.2 Å². The Balaban J connectivity index is 1.05. The van der Waals surface area contributed by atoms with Gasteiger partial charge >= 0.3 is 11.3 Å². The Labute approximate surface area is 293 Å². The number of aromatic hydroxyl groups is 2. The summed E-state index contributed by atoms with van der Waals surface area (Å²) in [5, 5.41) is 35.3. The second-order valence-electron chi connectivity index (χ2n) is 10.9. The van der Waals surface area contributed by atoms with Gasteiger partial charge in [-0.05, 0) is 66.1 Å². The van der Waals surface area contributed by atoms with Crippen molar-refractivity contribution in [3.8, 4) is 34.0 Å². The van der Waals surface area contributed by atoms with Gasteiger partial charge in [0, 0.05) is 10.8 Å². The van der Waals surface area contributed by atoms with E-state index in [2.05, 4.69) is 31.0 Å². The Bertz CT molecular complexity index is 2520. The van der Waals surface area contributed by atoms with E-state index in [0.717, 1.165) is 11.1 Å². The van der Waals surface area contributed by atoms with Gasteiger partial charge in [0.1, 0.15) is 45.3 Å². The van der Waals surface area contributed by atoms with Crippen molar-refractivity contribution >= 4 is 67.3 Å². The third-order valence-corrected chi connectivity index (χ3v) is 9.10. The molecule has 252 valence electrons. The van der Waals surface area contributed by atoms with E-state index in [-0.39, 0.29) is 45.2 Å². The van der Waals surface area contributed by atoms with Crippen LogP contribution in [0.2, 0.25) is 0 Å². The zero-order valence-corrected chi connectivity index (χ0v) is 27.5. The molecule has 6 aromatic heterocycles. The van der Waals surface area contributed by atoms with Crippen molar-refractivity contribution in [3.63, 3.8) is 0 Å². The van der Waals surface area contributed by atoms with Crippen molar-refractivity contribution in [2.24, 2.45) is 10.2 Å². The van der Waals surface area contributed by atoms with Crippen molar-refractivity contribution in [2.45, 2.75) is 6.42 Å². The third-order valence-electron chi connectivity index (χ3n) is 7.60. The molecule has 14 nitrogen and oxygen atoms in total. The molecule has 0 amide bonds. The topological polar surface area (TPSA) is 202 Å². The number of nitrogens with zero attached hydrogens (tertiary/aromatic N) is 4. The van der Waals surface area contributed by atoms with E-state index in [1.54, 1.807) is 71.4 Å². The minimum Gasteiger partial charge on any atom is -0.506 e. The van der Waals surface area contributed by atoms with Crippen LogP contribution >= 0.6 is 22.7 Å². The number of hydrazone groups is 2. The second kappa shape index (κ2) is 13.3. The van der Waals surface area contributed by atoms with Crippen LogP contribution in [0.25, 0.3) is 44.5 Å². The lowest BCUT2D eigenvalue weighted by molar-refractivity contribution is 0.470. The summed E-state index contributed by atoms with van der Waals surface area (Å²) in [6.07, 6.45) is 6.38. The van der Waals surface area contributed by atoms with Crippen LogP contribution in [0, 0.1) is 0 Å². The normalized spacial score (nSPS) is 11.8. The van der Waals surface area contributed by atoms with Gasteiger partial charge in [-0.25, -0.2) is 19.6 Å². The first-order chi connectivity index (χ1) is 24.9. The molecule has 0 aliphatic carbocycles. The number of benzene rings is 2. The lowest BCUT2D eigenvalue weighted by Crippen LogP contribution is -2.05. The molecule has 0 aliphatic heterocycles. The molecular weight excluding hydrogens is 697 g/mol. The maximum Gasteiger partial charge on any atom is 0.349 e. The molecule has 0 saturated heterocycles. The molecule has 0 fully saturated rings. The average Bonchev–Trinajstić information content (AvgIpc) is 3.96. The zero-order chi connectivity index (χ0) is 34.9. The van der Waals surface area contributed by atoms with Gasteiger partial charge in [0.2, 0.25) is 10.3 Å². The highest BCUT2D eigenvalue weighted by atomic mass is 32.1. The highest BCUT2D eigenvalue weighted by Crippen LogP contribution is 2.37. The summed E-state index contributed by atoms with van der Waals surface area (Å²) in [5.74, 6) is 0.550. The summed E-state index contributed by atoms with van der Waals surface area (Å²) in [5.41, 5.74) is 6.30. The van der Waals surface area contributed by atoms with Gasteiger partial charge in [0.25, 0.3) is 0 Å². The maximum atomic E-state index is 12.9. The summed E-state index contributed by atoms with van der Waals surface area (Å²) in [4.78, 5) is 34.6. The molecular formula is C35H22N6O8S2. The summed E-state index contributed by atoms with van der Waals surface area (Å²) in [6.45, 7) is 0. The van der Waals surface area contributed by atoms with Gasteiger partial charge in [0.15, 0.2) is 0 Å². The van der Waals surface area contributed by atoms with Crippen LogP contribution in [0.3, 0.4) is 0 Å². The van der Waals surface area contributed by atoms with Gasteiger partial charge in [0.05, 0.1) is 47.1 Å². The SMILES string of the molecule is O=c1oc2ccc(Cc3ccc4oc(=O)c(-c5csc(N/N=C/c6ccco6)n5)c(O)c4c3)cc2c(O)c1-c1csc(N/N=C/c2ccco2)n1. The smallest absolute Gasteiger partial charge is 0.349 e. The van der Waals surface area contributed by atoms with E-state index in [0.29, 0.717) is 39.0 Å². The molecule has 2 aromatic carbocycles. The first-order valence-electron chi connectivity index (χ1n) is 15.0. The zero-order valence-electron chi connectivity index (χ0n) is 25.9. The van der Waals surface area contributed by atoms with Crippen molar-refractivity contribution in [2.75, 3.05) is 10.9 Å². The molecule has 0 spiro atoms. The molecule has 8 aromatic rings. The lowest BCUT2D eigenvalue weighted by atomic mass is 10.00. The number of fused-ring (bicyclic) bond motifs is 2. The van der Waals surface area contributed by atoms with E-state index in [4.69, 9.17) is 17.7 Å². The Morgan fingerprint density at radius 3 is 1.59 bits per heavy atom. The van der Waals surface area contributed by atoms with Gasteiger partial charge in [-0.1, -0.05) is 12.1 Å². The summed E-state index contributed by atoms with van der Waals surface area (Å²) >= 11 is 2.39. The number of furan rings is 2. The number of hydrogen-bond donors (Lipinski definition) is 4. The summed E-state index contributed by atoms with van der Waals surface area (Å²) < 4.78 is 21.5. The van der Waals surface area contributed by atoms with Gasteiger partial charge < -0.3 is 27.9 Å². The predicted octanol–water partition coefficient (Wildman–Crippen LogP) is 7.23. The maximum absolute atomic E-state index is 12.9. The fourth-order valence-electron chi connectivity index (χ4n) is 5.29. The van der Waals surface area contributed by atoms with Crippen LogP contribution < -0.4 is 22.1 Å². The Morgan fingerprint density at radius 2 is 1.16 bits per heavy atom.